The molecule has 0 saturated heterocycles. The van der Waals surface area contributed by atoms with Crippen molar-refractivity contribution < 1.29 is 19.0 Å². The monoisotopic (exact) mass is 377 g/mol. The molecule has 0 aliphatic carbocycles. The van der Waals surface area contributed by atoms with Gasteiger partial charge in [0.2, 0.25) is 0 Å². The number of aromatic nitrogens is 1. The fourth-order valence-corrected chi connectivity index (χ4v) is 3.77. The van der Waals surface area contributed by atoms with Gasteiger partial charge in [-0.1, -0.05) is 25.1 Å². The van der Waals surface area contributed by atoms with Crippen LogP contribution in [0.1, 0.15) is 28.4 Å². The van der Waals surface area contributed by atoms with Crippen LogP contribution in [0.2, 0.25) is 0 Å². The Hall–Kier alpha value is -3.34. The molecule has 0 saturated carbocycles. The molecule has 0 fully saturated rings. The molecule has 0 spiro atoms. The average Bonchev–Trinajstić information content (AvgIpc) is 3.01. The minimum atomic E-state index is -0.464. The molecule has 0 radical (unpaired) electrons. The topological polar surface area (TPSA) is 51.5 Å². The van der Waals surface area contributed by atoms with E-state index in [9.17, 15) is 14.3 Å². The van der Waals surface area contributed by atoms with Crippen molar-refractivity contribution in [1.29, 1.82) is 0 Å². The van der Waals surface area contributed by atoms with E-state index in [2.05, 4.69) is 0 Å². The Morgan fingerprint density at radius 3 is 2.54 bits per heavy atom. The van der Waals surface area contributed by atoms with Crippen LogP contribution in [0, 0.1) is 5.82 Å². The van der Waals surface area contributed by atoms with Gasteiger partial charge in [0.15, 0.2) is 0 Å². The number of rotatable bonds is 4. The SMILES string of the molecule is CCc1cc(O)c2c3c(C(=O)OC)cccc3n(Cc3cccc(F)c3)c2c1. The molecule has 142 valence electrons. The number of aromatic hydroxyl groups is 1. The first-order valence-electron chi connectivity index (χ1n) is 9.13. The third-order valence-corrected chi connectivity index (χ3v) is 5.07. The van der Waals surface area contributed by atoms with Crippen LogP contribution in [0.5, 0.6) is 5.75 Å². The number of aryl methyl sites for hydroxylation is 1. The second-order valence-electron chi connectivity index (χ2n) is 6.77. The van der Waals surface area contributed by atoms with Gasteiger partial charge in [0, 0.05) is 11.9 Å². The van der Waals surface area contributed by atoms with E-state index in [0.717, 1.165) is 28.6 Å². The minimum absolute atomic E-state index is 0.119. The Morgan fingerprint density at radius 2 is 1.82 bits per heavy atom. The van der Waals surface area contributed by atoms with Crippen LogP contribution >= 0.6 is 0 Å². The maximum Gasteiger partial charge on any atom is 0.338 e. The number of carbonyl (C=O) groups excluding carboxylic acids is 1. The summed E-state index contributed by atoms with van der Waals surface area (Å²) in [5, 5.41) is 12.0. The molecule has 0 bridgehead atoms. The summed E-state index contributed by atoms with van der Waals surface area (Å²) in [5.41, 5.74) is 3.75. The Balaban J connectivity index is 2.09. The molecule has 4 rings (SSSR count). The lowest BCUT2D eigenvalue weighted by Crippen LogP contribution is -2.03. The average molecular weight is 377 g/mol. The highest BCUT2D eigenvalue weighted by molar-refractivity contribution is 6.19. The number of ether oxygens (including phenoxy) is 1. The summed E-state index contributed by atoms with van der Waals surface area (Å²) in [4.78, 5) is 12.4. The van der Waals surface area contributed by atoms with Gasteiger partial charge < -0.3 is 14.4 Å². The fraction of sp³-hybridized carbons (Fsp3) is 0.174. The Morgan fingerprint density at radius 1 is 1.04 bits per heavy atom. The number of esters is 1. The predicted molar refractivity (Wildman–Crippen MR) is 107 cm³/mol. The van der Waals surface area contributed by atoms with Crippen LogP contribution in [0.25, 0.3) is 21.8 Å². The maximum absolute atomic E-state index is 13.7. The molecule has 1 N–H and O–H groups in total. The first-order valence-corrected chi connectivity index (χ1v) is 9.13. The number of benzene rings is 3. The molecular weight excluding hydrogens is 357 g/mol. The minimum Gasteiger partial charge on any atom is -0.507 e. The third kappa shape index (κ3) is 2.89. The van der Waals surface area contributed by atoms with Crippen LogP contribution in [-0.2, 0) is 17.7 Å². The van der Waals surface area contributed by atoms with Gasteiger partial charge in [0.25, 0.3) is 0 Å². The Bertz CT molecular complexity index is 1210. The second-order valence-corrected chi connectivity index (χ2v) is 6.77. The van der Waals surface area contributed by atoms with E-state index < -0.39 is 5.97 Å². The molecule has 3 aromatic carbocycles. The van der Waals surface area contributed by atoms with Crippen molar-refractivity contribution in [2.24, 2.45) is 0 Å². The number of methoxy groups -OCH3 is 1. The summed E-state index contributed by atoms with van der Waals surface area (Å²) in [7, 11) is 1.34. The van der Waals surface area contributed by atoms with Crippen molar-refractivity contribution in [3.8, 4) is 5.75 Å². The number of fused-ring (bicyclic) bond motifs is 3. The molecule has 1 heterocycles. The van der Waals surface area contributed by atoms with Gasteiger partial charge in [-0.2, -0.15) is 0 Å². The van der Waals surface area contributed by atoms with E-state index >= 15 is 0 Å². The van der Waals surface area contributed by atoms with Gasteiger partial charge in [-0.25, -0.2) is 9.18 Å². The summed E-state index contributed by atoms with van der Waals surface area (Å²) in [5.74, 6) is -0.645. The van der Waals surface area contributed by atoms with E-state index in [1.807, 2.05) is 29.7 Å². The van der Waals surface area contributed by atoms with Crippen molar-refractivity contribution >= 4 is 27.8 Å². The summed E-state index contributed by atoms with van der Waals surface area (Å²) in [6, 6.07) is 15.5. The van der Waals surface area contributed by atoms with E-state index in [4.69, 9.17) is 4.74 Å². The molecule has 0 amide bonds. The van der Waals surface area contributed by atoms with E-state index in [0.29, 0.717) is 22.9 Å². The summed E-state index contributed by atoms with van der Waals surface area (Å²) < 4.78 is 20.7. The smallest absolute Gasteiger partial charge is 0.338 e. The summed E-state index contributed by atoms with van der Waals surface area (Å²) in [6.45, 7) is 2.43. The number of hydrogen-bond donors (Lipinski definition) is 1. The van der Waals surface area contributed by atoms with E-state index in [1.165, 1.54) is 19.2 Å². The lowest BCUT2D eigenvalue weighted by Gasteiger charge is -2.09. The summed E-state index contributed by atoms with van der Waals surface area (Å²) in [6.07, 6.45) is 0.759. The fourth-order valence-electron chi connectivity index (χ4n) is 3.77. The van der Waals surface area contributed by atoms with Crippen molar-refractivity contribution in [1.82, 2.24) is 4.57 Å². The highest BCUT2D eigenvalue weighted by atomic mass is 19.1. The number of hydrogen-bond acceptors (Lipinski definition) is 3. The Labute approximate surface area is 161 Å². The zero-order chi connectivity index (χ0) is 19.8. The molecular formula is C23H20FNO3. The number of phenols is 1. The molecule has 4 aromatic rings. The summed E-state index contributed by atoms with van der Waals surface area (Å²) >= 11 is 0. The van der Waals surface area contributed by atoms with Crippen molar-refractivity contribution in [3.05, 3.63) is 77.1 Å². The van der Waals surface area contributed by atoms with Crippen LogP contribution in [-0.4, -0.2) is 22.8 Å². The predicted octanol–water partition coefficient (Wildman–Crippen LogP) is 5.04. The van der Waals surface area contributed by atoms with Crippen molar-refractivity contribution in [2.75, 3.05) is 7.11 Å². The molecule has 5 heteroatoms. The highest BCUT2D eigenvalue weighted by Crippen LogP contribution is 2.38. The van der Waals surface area contributed by atoms with Crippen LogP contribution < -0.4 is 0 Å². The van der Waals surface area contributed by atoms with Crippen LogP contribution in [0.4, 0.5) is 4.39 Å². The van der Waals surface area contributed by atoms with Gasteiger partial charge in [-0.05, 0) is 53.9 Å². The van der Waals surface area contributed by atoms with E-state index in [-0.39, 0.29) is 11.6 Å². The highest BCUT2D eigenvalue weighted by Gasteiger charge is 2.21. The zero-order valence-corrected chi connectivity index (χ0v) is 15.7. The maximum atomic E-state index is 13.7. The van der Waals surface area contributed by atoms with Gasteiger partial charge in [0.05, 0.1) is 29.1 Å². The number of halogens is 1. The van der Waals surface area contributed by atoms with Gasteiger partial charge in [-0.15, -0.1) is 0 Å². The van der Waals surface area contributed by atoms with Crippen molar-refractivity contribution in [2.45, 2.75) is 19.9 Å². The third-order valence-electron chi connectivity index (χ3n) is 5.07. The van der Waals surface area contributed by atoms with Gasteiger partial charge in [-0.3, -0.25) is 0 Å². The lowest BCUT2D eigenvalue weighted by molar-refractivity contribution is 0.0603. The van der Waals surface area contributed by atoms with Crippen molar-refractivity contribution in [3.63, 3.8) is 0 Å². The van der Waals surface area contributed by atoms with E-state index in [1.54, 1.807) is 24.3 Å². The molecule has 0 aliphatic rings. The molecule has 0 atom stereocenters. The second kappa shape index (κ2) is 7.00. The number of nitrogens with zero attached hydrogens (tertiary/aromatic N) is 1. The molecule has 0 unspecified atom stereocenters. The zero-order valence-electron chi connectivity index (χ0n) is 15.7. The van der Waals surface area contributed by atoms with Crippen LogP contribution in [0.3, 0.4) is 0 Å². The lowest BCUT2D eigenvalue weighted by atomic mass is 10.0. The largest absolute Gasteiger partial charge is 0.507 e. The molecule has 4 nitrogen and oxygen atoms in total. The standard InChI is InChI=1S/C23H20FNO3/c1-3-14-11-19-22(20(26)12-14)21-17(23(27)28-2)8-5-9-18(21)25(19)13-15-6-4-7-16(24)10-15/h4-12,26H,3,13H2,1-2H3. The van der Waals surface area contributed by atoms with Gasteiger partial charge in [0.1, 0.15) is 11.6 Å². The van der Waals surface area contributed by atoms with Crippen LogP contribution in [0.15, 0.2) is 54.6 Å². The first-order chi connectivity index (χ1) is 13.5. The quantitative estimate of drug-likeness (QED) is 0.507. The molecule has 1 aromatic heterocycles. The molecule has 0 aliphatic heterocycles. The normalized spacial score (nSPS) is 11.2. The Kier molecular flexibility index (Phi) is 4.51. The first kappa shape index (κ1) is 18.0. The van der Waals surface area contributed by atoms with Gasteiger partial charge >= 0.3 is 5.97 Å². The number of phenolic OH excluding ortho intramolecular Hbond substituents is 1. The molecule has 28 heavy (non-hydrogen) atoms. The number of carbonyl (C=O) groups is 1.